The topological polar surface area (TPSA) is 52.3 Å². The van der Waals surface area contributed by atoms with Crippen LogP contribution in [0.4, 0.5) is 4.39 Å². The van der Waals surface area contributed by atoms with Gasteiger partial charge in [0.05, 0.1) is 6.54 Å². The Morgan fingerprint density at radius 1 is 1.00 bits per heavy atom. The van der Waals surface area contributed by atoms with Crippen molar-refractivity contribution in [3.05, 3.63) is 106 Å². The summed E-state index contributed by atoms with van der Waals surface area (Å²) in [5, 5.41) is 5.20. The molecule has 0 amide bonds. The molecule has 0 aliphatic carbocycles. The fourth-order valence-corrected chi connectivity index (χ4v) is 4.43. The highest BCUT2D eigenvalue weighted by atomic mass is 35.5. The van der Waals surface area contributed by atoms with E-state index < -0.39 is 5.54 Å². The zero-order valence-electron chi connectivity index (χ0n) is 16.8. The average molecular weight is 467 g/mol. The Morgan fingerprint density at radius 2 is 1.84 bits per heavy atom. The number of aliphatic imine (C=N–C) groups is 1. The van der Waals surface area contributed by atoms with Gasteiger partial charge in [-0.15, -0.1) is 0 Å². The minimum atomic E-state index is -0.862. The minimum Gasteiger partial charge on any atom is -0.474 e. The van der Waals surface area contributed by atoms with Crippen molar-refractivity contribution in [1.29, 1.82) is 0 Å². The molecule has 0 radical (unpaired) electrons. The van der Waals surface area contributed by atoms with E-state index in [2.05, 4.69) is 10.1 Å². The van der Waals surface area contributed by atoms with Crippen LogP contribution in [0.15, 0.2) is 84.4 Å². The molecule has 0 fully saturated rings. The molecule has 5 rings (SSSR count). The van der Waals surface area contributed by atoms with E-state index in [1.54, 1.807) is 35.3 Å². The molecule has 3 aromatic carbocycles. The summed E-state index contributed by atoms with van der Waals surface area (Å²) >= 11 is 12.6. The summed E-state index contributed by atoms with van der Waals surface area (Å²) in [4.78, 5) is 8.89. The molecule has 0 saturated heterocycles. The zero-order chi connectivity index (χ0) is 22.1. The molecule has 8 heteroatoms. The van der Waals surface area contributed by atoms with Gasteiger partial charge in [0, 0.05) is 26.7 Å². The van der Waals surface area contributed by atoms with Gasteiger partial charge in [-0.05, 0) is 29.8 Å². The molecular weight excluding hydrogens is 450 g/mol. The van der Waals surface area contributed by atoms with Crippen molar-refractivity contribution in [1.82, 2.24) is 14.8 Å². The Labute approximate surface area is 194 Å². The maximum atomic E-state index is 14.9. The van der Waals surface area contributed by atoms with Crippen LogP contribution in [0, 0.1) is 5.82 Å². The first-order chi connectivity index (χ1) is 15.5. The largest absolute Gasteiger partial charge is 0.474 e. The third-order valence-corrected chi connectivity index (χ3v) is 5.93. The molecular formula is C24H17Cl2FN4O. The highest BCUT2D eigenvalue weighted by molar-refractivity contribution is 6.35. The molecule has 0 bridgehead atoms. The van der Waals surface area contributed by atoms with Gasteiger partial charge in [-0.1, -0.05) is 65.7 Å². The Morgan fingerprint density at radius 3 is 2.56 bits per heavy atom. The van der Waals surface area contributed by atoms with E-state index in [0.717, 1.165) is 11.1 Å². The van der Waals surface area contributed by atoms with E-state index in [9.17, 15) is 4.39 Å². The maximum absolute atomic E-state index is 14.9. The zero-order valence-corrected chi connectivity index (χ0v) is 18.3. The van der Waals surface area contributed by atoms with E-state index >= 15 is 0 Å². The summed E-state index contributed by atoms with van der Waals surface area (Å²) < 4.78 is 22.6. The molecule has 1 aromatic heterocycles. The van der Waals surface area contributed by atoms with Crippen molar-refractivity contribution in [3.63, 3.8) is 0 Å². The predicted molar refractivity (Wildman–Crippen MR) is 122 cm³/mol. The summed E-state index contributed by atoms with van der Waals surface area (Å²) in [5.74, 6) is -0.00653. The van der Waals surface area contributed by atoms with Crippen LogP contribution >= 0.6 is 23.2 Å². The molecule has 4 aromatic rings. The number of halogens is 3. The molecule has 0 N–H and O–H groups in total. The first kappa shape index (κ1) is 20.7. The quantitative estimate of drug-likeness (QED) is 0.375. The van der Waals surface area contributed by atoms with Gasteiger partial charge in [0.15, 0.2) is 0 Å². The third-order valence-electron chi connectivity index (χ3n) is 5.39. The SMILES string of the molecule is Fc1cc(C2=NC(Cn3cncn3)(c3ccc(Cl)cc3Cl)CO2)ccc1-c1ccccc1. The number of hydrogen-bond acceptors (Lipinski definition) is 4. The Hall–Kier alpha value is -3.22. The fraction of sp³-hybridized carbons (Fsp3) is 0.125. The van der Waals surface area contributed by atoms with Crippen molar-refractivity contribution < 1.29 is 9.13 Å². The van der Waals surface area contributed by atoms with Crippen LogP contribution < -0.4 is 0 Å². The molecule has 1 aliphatic heterocycles. The molecule has 160 valence electrons. The average Bonchev–Trinajstić information content (AvgIpc) is 3.45. The number of hydrogen-bond donors (Lipinski definition) is 0. The van der Waals surface area contributed by atoms with Crippen LogP contribution in [0.5, 0.6) is 0 Å². The van der Waals surface area contributed by atoms with E-state index in [1.807, 2.05) is 36.4 Å². The third kappa shape index (κ3) is 3.87. The van der Waals surface area contributed by atoms with Crippen LogP contribution in [0.25, 0.3) is 11.1 Å². The number of rotatable bonds is 5. The smallest absolute Gasteiger partial charge is 0.217 e. The monoisotopic (exact) mass is 466 g/mol. The molecule has 1 atom stereocenters. The van der Waals surface area contributed by atoms with Gasteiger partial charge in [0.1, 0.15) is 30.6 Å². The highest BCUT2D eigenvalue weighted by Gasteiger charge is 2.41. The van der Waals surface area contributed by atoms with Crippen molar-refractivity contribution in [2.24, 2.45) is 4.99 Å². The van der Waals surface area contributed by atoms with Gasteiger partial charge in [-0.25, -0.2) is 14.4 Å². The second kappa shape index (κ2) is 8.37. The molecule has 2 heterocycles. The number of ether oxygens (including phenoxy) is 1. The first-order valence-corrected chi connectivity index (χ1v) is 10.7. The van der Waals surface area contributed by atoms with Gasteiger partial charge in [0.2, 0.25) is 5.90 Å². The van der Waals surface area contributed by atoms with E-state index in [4.69, 9.17) is 32.9 Å². The lowest BCUT2D eigenvalue weighted by Crippen LogP contribution is -2.32. The lowest BCUT2D eigenvalue weighted by atomic mass is 9.91. The molecule has 0 spiro atoms. The first-order valence-electron chi connectivity index (χ1n) is 9.90. The van der Waals surface area contributed by atoms with Crippen molar-refractivity contribution >= 4 is 29.1 Å². The Bertz CT molecular complexity index is 1290. The highest BCUT2D eigenvalue weighted by Crippen LogP contribution is 2.39. The molecule has 1 aliphatic rings. The molecule has 1 unspecified atom stereocenters. The Kier molecular flexibility index (Phi) is 5.41. The van der Waals surface area contributed by atoms with Gasteiger partial charge in [-0.2, -0.15) is 5.10 Å². The van der Waals surface area contributed by atoms with Crippen LogP contribution in [-0.4, -0.2) is 27.3 Å². The lowest BCUT2D eigenvalue weighted by molar-refractivity contribution is 0.230. The number of benzene rings is 3. The van der Waals surface area contributed by atoms with E-state index in [1.165, 1.54) is 12.4 Å². The van der Waals surface area contributed by atoms with E-state index in [0.29, 0.717) is 33.6 Å². The van der Waals surface area contributed by atoms with Crippen molar-refractivity contribution in [3.8, 4) is 11.1 Å². The minimum absolute atomic E-state index is 0.214. The van der Waals surface area contributed by atoms with Crippen LogP contribution in [0.1, 0.15) is 11.1 Å². The molecule has 32 heavy (non-hydrogen) atoms. The second-order valence-electron chi connectivity index (χ2n) is 7.52. The van der Waals surface area contributed by atoms with Crippen LogP contribution in [0.3, 0.4) is 0 Å². The van der Waals surface area contributed by atoms with Crippen molar-refractivity contribution in [2.45, 2.75) is 12.1 Å². The second-order valence-corrected chi connectivity index (χ2v) is 8.36. The predicted octanol–water partition coefficient (Wildman–Crippen LogP) is 5.76. The normalized spacial score (nSPS) is 17.8. The van der Waals surface area contributed by atoms with Gasteiger partial charge in [0.25, 0.3) is 0 Å². The Balaban J connectivity index is 1.56. The van der Waals surface area contributed by atoms with Gasteiger partial charge < -0.3 is 4.74 Å². The van der Waals surface area contributed by atoms with Crippen LogP contribution in [0.2, 0.25) is 10.0 Å². The van der Waals surface area contributed by atoms with E-state index in [-0.39, 0.29) is 12.4 Å². The summed E-state index contributed by atoms with van der Waals surface area (Å²) in [6.07, 6.45) is 3.06. The fourth-order valence-electron chi connectivity index (χ4n) is 3.85. The number of aromatic nitrogens is 3. The molecule has 0 saturated carbocycles. The summed E-state index contributed by atoms with van der Waals surface area (Å²) in [6, 6.07) is 19.6. The van der Waals surface area contributed by atoms with Crippen molar-refractivity contribution in [2.75, 3.05) is 6.61 Å². The summed E-state index contributed by atoms with van der Waals surface area (Å²) in [7, 11) is 0. The summed E-state index contributed by atoms with van der Waals surface area (Å²) in [5.41, 5.74) is 1.75. The summed E-state index contributed by atoms with van der Waals surface area (Å²) in [6.45, 7) is 0.564. The van der Waals surface area contributed by atoms with Gasteiger partial charge >= 0.3 is 0 Å². The number of nitrogens with zero attached hydrogens (tertiary/aromatic N) is 4. The van der Waals surface area contributed by atoms with Gasteiger partial charge in [-0.3, -0.25) is 4.68 Å². The van der Waals surface area contributed by atoms with Crippen LogP contribution in [-0.2, 0) is 16.8 Å². The molecule has 5 nitrogen and oxygen atoms in total. The standard InChI is InChI=1S/C24H17Cl2FN4O/c25-18-7-9-20(21(26)11-18)24(12-31-15-28-14-29-31)13-32-23(30-24)17-6-8-19(22(27)10-17)16-4-2-1-3-5-16/h1-11,14-15H,12-13H2. The maximum Gasteiger partial charge on any atom is 0.217 e. The lowest BCUT2D eigenvalue weighted by Gasteiger charge is -2.25.